The maximum atomic E-state index is 10.3. The number of rotatable bonds is 5. The number of anilines is 3. The summed E-state index contributed by atoms with van der Waals surface area (Å²) in [6.45, 7) is 6.07. The first kappa shape index (κ1) is 17.7. The van der Waals surface area contributed by atoms with Crippen LogP contribution in [0.3, 0.4) is 0 Å². The maximum Gasteiger partial charge on any atom is 0.188 e. The summed E-state index contributed by atoms with van der Waals surface area (Å²) in [7, 11) is 0. The molecule has 0 spiro atoms. The normalized spacial score (nSPS) is 12.8. The van der Waals surface area contributed by atoms with Crippen molar-refractivity contribution in [2.45, 2.75) is 32.4 Å². The van der Waals surface area contributed by atoms with E-state index in [1.54, 1.807) is 29.8 Å². The summed E-state index contributed by atoms with van der Waals surface area (Å²) >= 11 is 7.17. The van der Waals surface area contributed by atoms with Gasteiger partial charge in [-0.05, 0) is 12.1 Å². The predicted octanol–water partition coefficient (Wildman–Crippen LogP) is 4.32. The minimum absolute atomic E-state index is 0.152. The molecule has 1 atom stereocenters. The monoisotopic (exact) mass is 379 g/mol. The molecule has 3 aromatic rings. The van der Waals surface area contributed by atoms with Gasteiger partial charge in [-0.3, -0.25) is 0 Å². The van der Waals surface area contributed by atoms with Crippen LogP contribution in [-0.2, 0) is 5.41 Å². The third kappa shape index (κ3) is 4.47. The van der Waals surface area contributed by atoms with E-state index >= 15 is 0 Å². The van der Waals surface area contributed by atoms with Gasteiger partial charge in [-0.25, -0.2) is 9.97 Å². The number of halogens is 1. The van der Waals surface area contributed by atoms with E-state index in [0.29, 0.717) is 27.5 Å². The number of nitrogens with zero attached hydrogens (tertiary/aromatic N) is 3. The molecule has 0 amide bonds. The molecular formula is C16H18ClN5O2S. The van der Waals surface area contributed by atoms with E-state index in [-0.39, 0.29) is 5.41 Å². The summed E-state index contributed by atoms with van der Waals surface area (Å²) in [5, 5.41) is 23.1. The molecule has 25 heavy (non-hydrogen) atoms. The lowest BCUT2D eigenvalue weighted by atomic mass is 9.93. The van der Waals surface area contributed by atoms with E-state index < -0.39 is 6.23 Å². The summed E-state index contributed by atoms with van der Waals surface area (Å²) in [5.74, 6) is 1.81. The zero-order valence-electron chi connectivity index (χ0n) is 13.9. The van der Waals surface area contributed by atoms with E-state index in [4.69, 9.17) is 16.1 Å². The summed E-state index contributed by atoms with van der Waals surface area (Å²) in [6.07, 6.45) is 0.550. The van der Waals surface area contributed by atoms with Crippen LogP contribution in [0.1, 0.15) is 38.5 Å². The number of aliphatic hydroxyl groups excluding tert-OH is 1. The third-order valence-electron chi connectivity index (χ3n) is 3.30. The van der Waals surface area contributed by atoms with E-state index in [1.165, 1.54) is 11.3 Å². The molecule has 0 aliphatic carbocycles. The Morgan fingerprint density at radius 3 is 2.72 bits per heavy atom. The van der Waals surface area contributed by atoms with Crippen molar-refractivity contribution in [1.82, 2.24) is 15.1 Å². The van der Waals surface area contributed by atoms with Crippen molar-refractivity contribution in [3.8, 4) is 0 Å². The van der Waals surface area contributed by atoms with E-state index in [2.05, 4.69) is 25.8 Å². The lowest BCUT2D eigenvalue weighted by molar-refractivity contribution is 0.202. The van der Waals surface area contributed by atoms with Crippen LogP contribution in [0.4, 0.5) is 16.8 Å². The van der Waals surface area contributed by atoms with E-state index in [1.807, 2.05) is 20.8 Å². The van der Waals surface area contributed by atoms with Crippen LogP contribution in [0, 0.1) is 0 Å². The second-order valence-electron chi connectivity index (χ2n) is 6.44. The molecule has 0 radical (unpaired) electrons. The second kappa shape index (κ2) is 6.99. The number of hydrogen-bond acceptors (Lipinski definition) is 8. The van der Waals surface area contributed by atoms with Crippen molar-refractivity contribution < 1.29 is 9.63 Å². The van der Waals surface area contributed by atoms with Gasteiger partial charge in [0.1, 0.15) is 17.3 Å². The Kier molecular flexibility index (Phi) is 4.94. The largest absolute Gasteiger partial charge is 0.368 e. The lowest BCUT2D eigenvalue weighted by Gasteiger charge is -2.12. The van der Waals surface area contributed by atoms with Gasteiger partial charge < -0.3 is 20.3 Å². The van der Waals surface area contributed by atoms with Crippen LogP contribution < -0.4 is 10.6 Å². The van der Waals surface area contributed by atoms with Gasteiger partial charge in [-0.2, -0.15) is 0 Å². The van der Waals surface area contributed by atoms with Crippen molar-refractivity contribution in [3.05, 3.63) is 46.3 Å². The van der Waals surface area contributed by atoms with Crippen LogP contribution in [-0.4, -0.2) is 20.2 Å². The van der Waals surface area contributed by atoms with Crippen molar-refractivity contribution in [2.24, 2.45) is 0 Å². The van der Waals surface area contributed by atoms with Crippen LogP contribution in [0.15, 0.2) is 34.3 Å². The number of aromatic nitrogens is 3. The highest BCUT2D eigenvalue weighted by molar-refractivity contribution is 7.13. The lowest BCUT2D eigenvalue weighted by Crippen LogP contribution is -2.11. The minimum Gasteiger partial charge on any atom is -0.368 e. The number of nitrogens with one attached hydrogen (secondary N) is 2. The molecule has 3 rings (SSSR count). The second-order valence-corrected chi connectivity index (χ2v) is 7.73. The van der Waals surface area contributed by atoms with Crippen molar-refractivity contribution >= 4 is 39.7 Å². The van der Waals surface area contributed by atoms with Gasteiger partial charge in [-0.1, -0.05) is 37.5 Å². The quantitative estimate of drug-likeness (QED) is 0.568. The van der Waals surface area contributed by atoms with Crippen LogP contribution >= 0.6 is 22.9 Å². The van der Waals surface area contributed by atoms with Gasteiger partial charge in [0.15, 0.2) is 17.2 Å². The Labute approximate surface area is 154 Å². The highest BCUT2D eigenvalue weighted by Gasteiger charge is 2.21. The van der Waals surface area contributed by atoms with Gasteiger partial charge >= 0.3 is 0 Å². The molecule has 0 aliphatic heterocycles. The third-order valence-corrected chi connectivity index (χ3v) is 4.30. The molecule has 0 fully saturated rings. The fraction of sp³-hybridized carbons (Fsp3) is 0.312. The van der Waals surface area contributed by atoms with Gasteiger partial charge in [0.25, 0.3) is 0 Å². The molecule has 0 saturated heterocycles. The van der Waals surface area contributed by atoms with Crippen LogP contribution in [0.25, 0.3) is 0 Å². The van der Waals surface area contributed by atoms with E-state index in [9.17, 15) is 5.11 Å². The molecular weight excluding hydrogens is 362 g/mol. The standard InChI is InChI=1S/C16H18ClN5O2S/c1-16(2,3)11-6-13(22-24-11)20-14(23)10-8-25-15(19-10)21-12-5-4-9(17)7-18-12/h4-8,14,23H,1-3H3,(H,20,22)(H,18,19,21). The first-order chi connectivity index (χ1) is 11.8. The Hall–Kier alpha value is -2.16. The molecule has 0 aromatic carbocycles. The topological polar surface area (TPSA) is 96.1 Å². The molecule has 1 unspecified atom stereocenters. The SMILES string of the molecule is CC(C)(C)c1cc(NC(O)c2csc(Nc3ccc(Cl)cn3)n2)no1. The fourth-order valence-corrected chi connectivity index (χ4v) is 2.79. The Balaban J connectivity index is 1.65. The summed E-state index contributed by atoms with van der Waals surface area (Å²) in [6, 6.07) is 5.26. The van der Waals surface area contributed by atoms with E-state index in [0.717, 1.165) is 5.76 Å². The Bertz CT molecular complexity index is 841. The zero-order chi connectivity index (χ0) is 18.0. The Morgan fingerprint density at radius 2 is 2.08 bits per heavy atom. The van der Waals surface area contributed by atoms with Crippen LogP contribution in [0.5, 0.6) is 0 Å². The average molecular weight is 380 g/mol. The molecule has 132 valence electrons. The molecule has 9 heteroatoms. The predicted molar refractivity (Wildman–Crippen MR) is 98.4 cm³/mol. The van der Waals surface area contributed by atoms with Gasteiger partial charge in [0.05, 0.1) is 5.02 Å². The number of pyridine rings is 1. The summed E-state index contributed by atoms with van der Waals surface area (Å²) in [4.78, 5) is 8.49. The molecule has 0 aliphatic rings. The first-order valence-corrected chi connectivity index (χ1v) is 8.83. The number of thiazole rings is 1. The van der Waals surface area contributed by atoms with Crippen molar-refractivity contribution in [1.29, 1.82) is 0 Å². The average Bonchev–Trinajstić information content (AvgIpc) is 3.18. The number of aliphatic hydroxyl groups is 1. The molecule has 3 N–H and O–H groups in total. The van der Waals surface area contributed by atoms with Gasteiger partial charge in [-0.15, -0.1) is 11.3 Å². The molecule has 3 aromatic heterocycles. The van der Waals surface area contributed by atoms with Crippen molar-refractivity contribution in [2.75, 3.05) is 10.6 Å². The molecule has 3 heterocycles. The fourth-order valence-electron chi connectivity index (χ4n) is 1.94. The maximum absolute atomic E-state index is 10.3. The summed E-state index contributed by atoms with van der Waals surface area (Å²) < 4.78 is 5.29. The Morgan fingerprint density at radius 1 is 1.28 bits per heavy atom. The minimum atomic E-state index is -0.997. The molecule has 0 bridgehead atoms. The highest BCUT2D eigenvalue weighted by Crippen LogP contribution is 2.27. The highest BCUT2D eigenvalue weighted by atomic mass is 35.5. The first-order valence-electron chi connectivity index (χ1n) is 7.57. The van der Waals surface area contributed by atoms with Gasteiger partial charge in [0, 0.05) is 23.1 Å². The smallest absolute Gasteiger partial charge is 0.188 e. The van der Waals surface area contributed by atoms with Crippen molar-refractivity contribution in [3.63, 3.8) is 0 Å². The number of hydrogen-bond donors (Lipinski definition) is 3. The summed E-state index contributed by atoms with van der Waals surface area (Å²) in [5.41, 5.74) is 0.322. The molecule has 7 nitrogen and oxygen atoms in total. The van der Waals surface area contributed by atoms with Gasteiger partial charge in [0.2, 0.25) is 0 Å². The molecule has 0 saturated carbocycles. The van der Waals surface area contributed by atoms with Crippen LogP contribution in [0.2, 0.25) is 5.02 Å². The zero-order valence-corrected chi connectivity index (χ0v) is 15.5.